The first kappa shape index (κ1) is 16.0. The number of carboxylic acids is 1. The maximum atomic E-state index is 11.5. The average Bonchev–Trinajstić information content (AvgIpc) is 2.54. The molecule has 5 nitrogen and oxygen atoms in total. The number of aromatic carboxylic acids is 1. The van der Waals surface area contributed by atoms with Crippen molar-refractivity contribution in [3.05, 3.63) is 53.6 Å². The minimum atomic E-state index is -0.999. The molecule has 0 heterocycles. The van der Waals surface area contributed by atoms with Crippen LogP contribution in [0.25, 0.3) is 11.1 Å². The van der Waals surface area contributed by atoms with E-state index in [1.165, 1.54) is 7.11 Å². The van der Waals surface area contributed by atoms with E-state index in [9.17, 15) is 9.90 Å². The Bertz CT molecular complexity index is 651. The summed E-state index contributed by atoms with van der Waals surface area (Å²) in [7, 11) is 3.07. The van der Waals surface area contributed by atoms with Gasteiger partial charge in [0.25, 0.3) is 0 Å². The van der Waals surface area contributed by atoms with Crippen molar-refractivity contribution >= 4 is 5.97 Å². The molecule has 0 saturated heterocycles. The largest absolute Gasteiger partial charge is 0.496 e. The number of carbonyl (C=O) groups is 1. The Balaban J connectivity index is 2.54. The van der Waals surface area contributed by atoms with Gasteiger partial charge in [0.2, 0.25) is 0 Å². The number of methoxy groups -OCH3 is 2. The molecule has 0 fully saturated rings. The Hall–Kier alpha value is -2.37. The first-order valence-corrected chi connectivity index (χ1v) is 6.74. The third-order valence-corrected chi connectivity index (χ3v) is 3.22. The van der Waals surface area contributed by atoms with Crippen molar-refractivity contribution < 1.29 is 24.1 Å². The monoisotopic (exact) mass is 302 g/mol. The number of carboxylic acid groups (broad SMARTS) is 1. The third-order valence-electron chi connectivity index (χ3n) is 3.22. The summed E-state index contributed by atoms with van der Waals surface area (Å²) in [6.45, 7) is 0.493. The second-order valence-electron chi connectivity index (χ2n) is 4.60. The predicted octanol–water partition coefficient (Wildman–Crippen LogP) is 3.18. The zero-order chi connectivity index (χ0) is 15.9. The fourth-order valence-corrected chi connectivity index (χ4v) is 2.28. The van der Waals surface area contributed by atoms with Crippen molar-refractivity contribution in [2.45, 2.75) is 6.61 Å². The Morgan fingerprint density at radius 3 is 2.55 bits per heavy atom. The van der Waals surface area contributed by atoms with Gasteiger partial charge >= 0.3 is 5.97 Å². The molecule has 0 unspecified atom stereocenters. The molecule has 2 rings (SSSR count). The van der Waals surface area contributed by atoms with Crippen molar-refractivity contribution in [3.8, 4) is 16.9 Å². The van der Waals surface area contributed by atoms with Gasteiger partial charge in [0.05, 0.1) is 19.3 Å². The summed E-state index contributed by atoms with van der Waals surface area (Å²) in [4.78, 5) is 11.5. The summed E-state index contributed by atoms with van der Waals surface area (Å²) < 4.78 is 15.6. The molecule has 22 heavy (non-hydrogen) atoms. The second-order valence-corrected chi connectivity index (χ2v) is 4.60. The Morgan fingerprint density at radius 1 is 1.09 bits per heavy atom. The van der Waals surface area contributed by atoms with Crippen LogP contribution in [0.4, 0.5) is 0 Å². The smallest absolute Gasteiger partial charge is 0.336 e. The molecule has 5 heteroatoms. The molecule has 0 aliphatic heterocycles. The van der Waals surface area contributed by atoms with E-state index in [0.717, 1.165) is 11.1 Å². The summed E-state index contributed by atoms with van der Waals surface area (Å²) in [6, 6.07) is 12.5. The number of ether oxygens (including phenoxy) is 3. The lowest BCUT2D eigenvalue weighted by Gasteiger charge is -2.15. The van der Waals surface area contributed by atoms with Crippen LogP contribution in [0.5, 0.6) is 5.75 Å². The summed E-state index contributed by atoms with van der Waals surface area (Å²) in [6.07, 6.45) is 0. The molecule has 116 valence electrons. The molecule has 0 aliphatic rings. The Labute approximate surface area is 129 Å². The van der Waals surface area contributed by atoms with E-state index in [1.807, 2.05) is 24.3 Å². The van der Waals surface area contributed by atoms with Crippen molar-refractivity contribution in [1.82, 2.24) is 0 Å². The van der Waals surface area contributed by atoms with E-state index in [2.05, 4.69) is 0 Å². The number of hydrogen-bond donors (Lipinski definition) is 1. The first-order chi connectivity index (χ1) is 10.7. The molecule has 2 aromatic carbocycles. The molecule has 0 amide bonds. The molecule has 0 spiro atoms. The van der Waals surface area contributed by atoms with Crippen LogP contribution in [0.3, 0.4) is 0 Å². The van der Waals surface area contributed by atoms with Crippen LogP contribution >= 0.6 is 0 Å². The highest BCUT2D eigenvalue weighted by atomic mass is 16.7. The highest BCUT2D eigenvalue weighted by Gasteiger charge is 2.18. The standard InChI is InChI=1S/C17H18O5/c1-20-11-22-10-12-6-3-4-7-13(12)16-14(17(18)19)8-5-9-15(16)21-2/h3-9H,10-11H2,1-2H3,(H,18,19). The van der Waals surface area contributed by atoms with E-state index in [-0.39, 0.29) is 12.4 Å². The van der Waals surface area contributed by atoms with Gasteiger partial charge in [-0.25, -0.2) is 4.79 Å². The fourth-order valence-electron chi connectivity index (χ4n) is 2.28. The van der Waals surface area contributed by atoms with Crippen LogP contribution in [0.2, 0.25) is 0 Å². The molecule has 0 aromatic heterocycles. The molecule has 0 atom stereocenters. The lowest BCUT2D eigenvalue weighted by Crippen LogP contribution is -2.04. The van der Waals surface area contributed by atoms with Crippen molar-refractivity contribution in [2.75, 3.05) is 21.0 Å². The van der Waals surface area contributed by atoms with Crippen molar-refractivity contribution in [3.63, 3.8) is 0 Å². The van der Waals surface area contributed by atoms with E-state index < -0.39 is 5.97 Å². The van der Waals surface area contributed by atoms with Gasteiger partial charge in [0.15, 0.2) is 0 Å². The van der Waals surface area contributed by atoms with Crippen LogP contribution in [-0.2, 0) is 16.1 Å². The lowest BCUT2D eigenvalue weighted by atomic mass is 9.94. The van der Waals surface area contributed by atoms with Crippen LogP contribution < -0.4 is 4.74 Å². The van der Waals surface area contributed by atoms with Gasteiger partial charge in [0, 0.05) is 12.7 Å². The van der Waals surface area contributed by atoms with Gasteiger partial charge in [-0.3, -0.25) is 0 Å². The number of rotatable bonds is 7. The van der Waals surface area contributed by atoms with E-state index in [1.54, 1.807) is 25.3 Å². The van der Waals surface area contributed by atoms with Gasteiger partial charge in [-0.15, -0.1) is 0 Å². The molecular weight excluding hydrogens is 284 g/mol. The zero-order valence-electron chi connectivity index (χ0n) is 12.5. The molecule has 2 aromatic rings. The van der Waals surface area contributed by atoms with Gasteiger partial charge < -0.3 is 19.3 Å². The van der Waals surface area contributed by atoms with E-state index in [4.69, 9.17) is 14.2 Å². The Morgan fingerprint density at radius 2 is 1.86 bits per heavy atom. The predicted molar refractivity (Wildman–Crippen MR) is 82.1 cm³/mol. The molecule has 0 radical (unpaired) electrons. The first-order valence-electron chi connectivity index (χ1n) is 6.74. The second kappa shape index (κ2) is 7.59. The molecular formula is C17H18O5. The maximum Gasteiger partial charge on any atom is 0.336 e. The van der Waals surface area contributed by atoms with E-state index in [0.29, 0.717) is 17.9 Å². The third kappa shape index (κ3) is 3.44. The average molecular weight is 302 g/mol. The molecule has 0 bridgehead atoms. The highest BCUT2D eigenvalue weighted by Crippen LogP contribution is 2.35. The fraction of sp³-hybridized carbons (Fsp3) is 0.235. The van der Waals surface area contributed by atoms with E-state index >= 15 is 0 Å². The zero-order valence-corrected chi connectivity index (χ0v) is 12.5. The minimum absolute atomic E-state index is 0.173. The SMILES string of the molecule is COCOCc1ccccc1-c1c(OC)cccc1C(=O)O. The molecule has 0 saturated carbocycles. The lowest BCUT2D eigenvalue weighted by molar-refractivity contribution is -0.0389. The molecule has 1 N–H and O–H groups in total. The quantitative estimate of drug-likeness (QED) is 0.628. The van der Waals surface area contributed by atoms with Crippen LogP contribution in [0, 0.1) is 0 Å². The van der Waals surface area contributed by atoms with Gasteiger partial charge in [0.1, 0.15) is 12.5 Å². The summed E-state index contributed by atoms with van der Waals surface area (Å²) in [5.41, 5.74) is 2.38. The highest BCUT2D eigenvalue weighted by molar-refractivity contribution is 5.98. The number of hydrogen-bond acceptors (Lipinski definition) is 4. The summed E-state index contributed by atoms with van der Waals surface area (Å²) >= 11 is 0. The van der Waals surface area contributed by atoms with Crippen LogP contribution in [0.1, 0.15) is 15.9 Å². The Kier molecular flexibility index (Phi) is 5.52. The molecule has 0 aliphatic carbocycles. The number of benzene rings is 2. The van der Waals surface area contributed by atoms with Crippen molar-refractivity contribution in [2.24, 2.45) is 0 Å². The minimum Gasteiger partial charge on any atom is -0.496 e. The van der Waals surface area contributed by atoms with Crippen LogP contribution in [0.15, 0.2) is 42.5 Å². The topological polar surface area (TPSA) is 65.0 Å². The summed E-state index contributed by atoms with van der Waals surface area (Å²) in [5.74, 6) is -0.486. The van der Waals surface area contributed by atoms with Gasteiger partial charge in [-0.2, -0.15) is 0 Å². The van der Waals surface area contributed by atoms with Gasteiger partial charge in [-0.1, -0.05) is 30.3 Å². The summed E-state index contributed by atoms with van der Waals surface area (Å²) in [5, 5.41) is 9.45. The normalized spacial score (nSPS) is 10.5. The van der Waals surface area contributed by atoms with Crippen LogP contribution in [-0.4, -0.2) is 32.1 Å². The van der Waals surface area contributed by atoms with Crippen molar-refractivity contribution in [1.29, 1.82) is 0 Å². The van der Waals surface area contributed by atoms with Gasteiger partial charge in [-0.05, 0) is 23.3 Å². The maximum absolute atomic E-state index is 11.5.